The van der Waals surface area contributed by atoms with E-state index in [1.165, 1.54) is 0 Å². The fraction of sp³-hybridized carbons (Fsp3) is 0.500. The van der Waals surface area contributed by atoms with Crippen LogP contribution in [0.25, 0.3) is 11.4 Å². The second-order valence-electron chi connectivity index (χ2n) is 8.48. The normalized spacial score (nSPS) is 17.8. The van der Waals surface area contributed by atoms with Crippen LogP contribution in [-0.4, -0.2) is 47.9 Å². The van der Waals surface area contributed by atoms with Gasteiger partial charge < -0.3 is 21.5 Å². The summed E-state index contributed by atoms with van der Waals surface area (Å²) >= 11 is 0. The van der Waals surface area contributed by atoms with Crippen molar-refractivity contribution in [2.75, 3.05) is 24.2 Å². The van der Waals surface area contributed by atoms with Gasteiger partial charge in [-0.3, -0.25) is 0 Å². The molecule has 2 aliphatic carbocycles. The number of hydrogen-bond donors (Lipinski definition) is 4. The average Bonchev–Trinajstić information content (AvgIpc) is 3.41. The highest BCUT2D eigenvalue weighted by Gasteiger charge is 2.59. The predicted octanol–water partition coefficient (Wildman–Crippen LogP) is 2.58. The largest absolute Gasteiger partial charge is 0.396 e. The van der Waals surface area contributed by atoms with Gasteiger partial charge in [0.2, 0.25) is 0 Å². The third kappa shape index (κ3) is 4.42. The van der Waals surface area contributed by atoms with Crippen molar-refractivity contribution in [3.63, 3.8) is 0 Å². The van der Waals surface area contributed by atoms with Gasteiger partial charge >= 0.3 is 6.03 Å². The Hall–Kier alpha value is -2.72. The molecule has 0 radical (unpaired) electrons. The average molecular weight is 460 g/mol. The van der Waals surface area contributed by atoms with Crippen LogP contribution in [0.15, 0.2) is 30.3 Å². The Morgan fingerprint density at radius 1 is 1.16 bits per heavy atom. The number of carbonyl (C=O) groups is 1. The molecule has 10 heteroatoms. The monoisotopic (exact) mass is 459 g/mol. The molecule has 2 amide bonds. The molecule has 0 unspecified atom stereocenters. The first-order valence-electron chi connectivity index (χ1n) is 11.0. The molecular formula is C22H29N5O4S. The fourth-order valence-corrected chi connectivity index (χ4v) is 6.96. The highest BCUT2D eigenvalue weighted by molar-refractivity contribution is 7.93. The summed E-state index contributed by atoms with van der Waals surface area (Å²) in [7, 11) is -3.34. The lowest BCUT2D eigenvalue weighted by Gasteiger charge is -2.21. The molecule has 0 atom stereocenters. The molecule has 0 bridgehead atoms. The van der Waals surface area contributed by atoms with Crippen LogP contribution in [0.3, 0.4) is 0 Å². The molecule has 0 saturated heterocycles. The van der Waals surface area contributed by atoms with Crippen molar-refractivity contribution >= 4 is 27.4 Å². The molecule has 1 aromatic carbocycles. The number of nitrogens with zero attached hydrogens (tertiary/aromatic N) is 2. The van der Waals surface area contributed by atoms with E-state index in [1.807, 2.05) is 0 Å². The van der Waals surface area contributed by atoms with Gasteiger partial charge in [0.25, 0.3) is 0 Å². The smallest absolute Gasteiger partial charge is 0.319 e. The Bertz CT molecular complexity index is 1080. The molecule has 4 rings (SSSR count). The number of hydrogen-bond acceptors (Lipinski definition) is 7. The Morgan fingerprint density at radius 2 is 1.84 bits per heavy atom. The van der Waals surface area contributed by atoms with Crippen molar-refractivity contribution in [3.05, 3.63) is 36.0 Å². The van der Waals surface area contributed by atoms with E-state index < -0.39 is 14.6 Å². The minimum Gasteiger partial charge on any atom is -0.396 e. The highest BCUT2D eigenvalue weighted by atomic mass is 32.2. The summed E-state index contributed by atoms with van der Waals surface area (Å²) < 4.78 is 25.8. The number of nitrogens with one attached hydrogen (secondary N) is 2. The number of carbonyl (C=O) groups excluding carboxylic acids is 1. The number of nitrogen functional groups attached to an aromatic ring is 1. The van der Waals surface area contributed by atoms with Gasteiger partial charge in [-0.05, 0) is 56.4 Å². The second-order valence-corrected chi connectivity index (χ2v) is 11.0. The molecule has 1 aromatic heterocycles. The van der Waals surface area contributed by atoms with Gasteiger partial charge in [-0.15, -0.1) is 0 Å². The molecule has 9 nitrogen and oxygen atoms in total. The van der Waals surface area contributed by atoms with Gasteiger partial charge in [0, 0.05) is 30.5 Å². The van der Waals surface area contributed by atoms with Crippen molar-refractivity contribution in [3.8, 4) is 11.4 Å². The zero-order chi connectivity index (χ0) is 22.8. The van der Waals surface area contributed by atoms with Gasteiger partial charge in [-0.25, -0.2) is 23.2 Å². The number of aliphatic hydroxyl groups is 1. The van der Waals surface area contributed by atoms with Crippen LogP contribution in [0.5, 0.6) is 0 Å². The molecule has 0 aliphatic heterocycles. The van der Waals surface area contributed by atoms with Crippen LogP contribution in [0.1, 0.15) is 50.6 Å². The fourth-order valence-electron chi connectivity index (χ4n) is 4.31. The van der Waals surface area contributed by atoms with Crippen LogP contribution in [-0.2, 0) is 14.6 Å². The molecule has 172 valence electrons. The lowest BCUT2D eigenvalue weighted by molar-refractivity contribution is 0.249. The summed E-state index contributed by atoms with van der Waals surface area (Å²) in [5.41, 5.74) is 7.79. The lowest BCUT2D eigenvalue weighted by atomic mass is 10.1. The maximum absolute atomic E-state index is 13.4. The van der Waals surface area contributed by atoms with Crippen LogP contribution in [0, 0.1) is 0 Å². The summed E-state index contributed by atoms with van der Waals surface area (Å²) in [4.78, 5) is 20.8. The Balaban J connectivity index is 1.54. The van der Waals surface area contributed by atoms with Crippen molar-refractivity contribution in [1.82, 2.24) is 15.3 Å². The topological polar surface area (TPSA) is 147 Å². The summed E-state index contributed by atoms with van der Waals surface area (Å²) in [6, 6.07) is 8.18. The zero-order valence-electron chi connectivity index (χ0n) is 17.9. The van der Waals surface area contributed by atoms with Crippen molar-refractivity contribution < 1.29 is 18.3 Å². The number of anilines is 2. The molecule has 1 heterocycles. The van der Waals surface area contributed by atoms with E-state index in [9.17, 15) is 13.2 Å². The standard InChI is InChI=1S/C22H29N5O4S/c23-19-14-18(22(10-11-22)32(30,31)17-4-1-2-5-17)26-20(27-19)15-6-8-16(9-7-15)25-21(29)24-12-3-13-28/h6-9,14,17,28H,1-5,10-13H2,(H2,23,26,27)(H2,24,25,29). The van der Waals surface area contributed by atoms with Gasteiger partial charge in [0.15, 0.2) is 15.7 Å². The molecule has 5 N–H and O–H groups in total. The Morgan fingerprint density at radius 3 is 2.47 bits per heavy atom. The van der Waals surface area contributed by atoms with Crippen LogP contribution >= 0.6 is 0 Å². The van der Waals surface area contributed by atoms with Crippen LogP contribution in [0.4, 0.5) is 16.3 Å². The van der Waals surface area contributed by atoms with E-state index in [0.29, 0.717) is 48.6 Å². The van der Waals surface area contributed by atoms with Crippen LogP contribution in [0.2, 0.25) is 0 Å². The first kappa shape index (κ1) is 22.5. The molecule has 32 heavy (non-hydrogen) atoms. The third-order valence-electron chi connectivity index (χ3n) is 6.22. The quantitative estimate of drug-likeness (QED) is 0.444. The van der Waals surface area contributed by atoms with E-state index in [-0.39, 0.29) is 23.7 Å². The number of urea groups is 1. The van der Waals surface area contributed by atoms with E-state index in [1.54, 1.807) is 30.3 Å². The van der Waals surface area contributed by atoms with Crippen molar-refractivity contribution in [1.29, 1.82) is 0 Å². The lowest BCUT2D eigenvalue weighted by Crippen LogP contribution is -2.31. The SMILES string of the molecule is Nc1cc(C2(S(=O)(=O)C3CCCC3)CC2)nc(-c2ccc(NC(=O)NCCCO)cc2)n1. The summed E-state index contributed by atoms with van der Waals surface area (Å²) in [5.74, 6) is 0.607. The van der Waals surface area contributed by atoms with Gasteiger partial charge in [-0.1, -0.05) is 12.8 Å². The number of amides is 2. The molecular weight excluding hydrogens is 430 g/mol. The highest BCUT2D eigenvalue weighted by Crippen LogP contribution is 2.55. The molecule has 2 aromatic rings. The Labute approximate surface area is 187 Å². The van der Waals surface area contributed by atoms with E-state index in [0.717, 1.165) is 25.7 Å². The Kier molecular flexibility index (Phi) is 6.34. The third-order valence-corrected chi connectivity index (χ3v) is 9.28. The zero-order valence-corrected chi connectivity index (χ0v) is 18.7. The maximum Gasteiger partial charge on any atom is 0.319 e. The minimum absolute atomic E-state index is 0.0143. The first-order chi connectivity index (χ1) is 15.4. The number of rotatable bonds is 8. The molecule has 2 aliphatic rings. The van der Waals surface area contributed by atoms with Gasteiger partial charge in [-0.2, -0.15) is 0 Å². The predicted molar refractivity (Wildman–Crippen MR) is 123 cm³/mol. The second kappa shape index (κ2) is 9.03. The van der Waals surface area contributed by atoms with Crippen molar-refractivity contribution in [2.24, 2.45) is 0 Å². The number of benzene rings is 1. The maximum atomic E-state index is 13.4. The summed E-state index contributed by atoms with van der Waals surface area (Å²) in [6.45, 7) is 0.395. The number of aromatic nitrogens is 2. The first-order valence-corrected chi connectivity index (χ1v) is 12.5. The molecule has 2 fully saturated rings. The van der Waals surface area contributed by atoms with Gasteiger partial charge in [0.1, 0.15) is 10.6 Å². The van der Waals surface area contributed by atoms with Crippen LogP contribution < -0.4 is 16.4 Å². The molecule has 0 spiro atoms. The minimum atomic E-state index is -3.34. The van der Waals surface area contributed by atoms with Gasteiger partial charge in [0.05, 0.1) is 10.9 Å². The van der Waals surface area contributed by atoms with E-state index in [2.05, 4.69) is 20.6 Å². The van der Waals surface area contributed by atoms with E-state index in [4.69, 9.17) is 10.8 Å². The summed E-state index contributed by atoms with van der Waals surface area (Å²) in [6.07, 6.45) is 4.97. The van der Waals surface area contributed by atoms with Crippen molar-refractivity contribution in [2.45, 2.75) is 54.9 Å². The summed E-state index contributed by atoms with van der Waals surface area (Å²) in [5, 5.41) is 13.8. The number of sulfone groups is 1. The molecule has 2 saturated carbocycles. The number of aliphatic hydroxyl groups excluding tert-OH is 1. The van der Waals surface area contributed by atoms with E-state index >= 15 is 0 Å². The number of nitrogens with two attached hydrogens (primary N) is 1.